The van der Waals surface area contributed by atoms with Crippen molar-refractivity contribution < 1.29 is 4.42 Å². The second-order valence-corrected chi connectivity index (χ2v) is 5.29. The topological polar surface area (TPSA) is 28.4 Å². The van der Waals surface area contributed by atoms with Crippen molar-refractivity contribution in [3.8, 4) is 0 Å². The van der Waals surface area contributed by atoms with E-state index in [4.69, 9.17) is 4.42 Å². The number of hydrogen-bond acceptors (Lipinski definition) is 3. The highest BCUT2D eigenvalue weighted by atomic mass is 16.3. The molecule has 19 heavy (non-hydrogen) atoms. The van der Waals surface area contributed by atoms with E-state index in [2.05, 4.69) is 35.5 Å². The van der Waals surface area contributed by atoms with Gasteiger partial charge in [-0.1, -0.05) is 18.2 Å². The number of furan rings is 1. The zero-order valence-electron chi connectivity index (χ0n) is 11.4. The van der Waals surface area contributed by atoms with Crippen molar-refractivity contribution in [3.05, 3.63) is 59.0 Å². The maximum Gasteiger partial charge on any atom is 0.0947 e. The molecule has 0 spiro atoms. The number of hydrogen-bond donors (Lipinski definition) is 1. The van der Waals surface area contributed by atoms with E-state index in [0.29, 0.717) is 0 Å². The van der Waals surface area contributed by atoms with Crippen LogP contribution in [0.25, 0.3) is 0 Å². The molecule has 0 atom stereocenters. The molecule has 0 unspecified atom stereocenters. The van der Waals surface area contributed by atoms with Gasteiger partial charge >= 0.3 is 0 Å². The highest BCUT2D eigenvalue weighted by molar-refractivity contribution is 5.37. The van der Waals surface area contributed by atoms with Crippen LogP contribution in [0, 0.1) is 0 Å². The fourth-order valence-electron chi connectivity index (χ4n) is 2.80. The highest BCUT2D eigenvalue weighted by Gasteiger charge is 2.13. The summed E-state index contributed by atoms with van der Waals surface area (Å²) in [5.74, 6) is 0. The molecule has 100 valence electrons. The number of nitrogens with zero attached hydrogens (tertiary/aromatic N) is 1. The molecule has 2 heterocycles. The van der Waals surface area contributed by atoms with Crippen molar-refractivity contribution in [2.24, 2.45) is 0 Å². The quantitative estimate of drug-likeness (QED) is 0.911. The lowest BCUT2D eigenvalue weighted by atomic mass is 9.95. The molecule has 0 saturated carbocycles. The minimum Gasteiger partial charge on any atom is -0.472 e. The van der Waals surface area contributed by atoms with Crippen molar-refractivity contribution in [3.63, 3.8) is 0 Å². The van der Waals surface area contributed by atoms with Crippen molar-refractivity contribution in [2.45, 2.75) is 26.1 Å². The van der Waals surface area contributed by atoms with Gasteiger partial charge in [-0.15, -0.1) is 0 Å². The molecule has 3 nitrogen and oxygen atoms in total. The van der Waals surface area contributed by atoms with Crippen molar-refractivity contribution in [1.82, 2.24) is 10.2 Å². The minimum atomic E-state index is 0.929. The van der Waals surface area contributed by atoms with Crippen LogP contribution >= 0.6 is 0 Å². The molecule has 3 rings (SSSR count). The van der Waals surface area contributed by atoms with Crippen LogP contribution in [0.1, 0.15) is 22.3 Å². The Balaban J connectivity index is 1.72. The average molecular weight is 256 g/mol. The van der Waals surface area contributed by atoms with E-state index >= 15 is 0 Å². The molecule has 1 aliphatic heterocycles. The molecule has 1 aromatic carbocycles. The fourth-order valence-corrected chi connectivity index (χ4v) is 2.80. The van der Waals surface area contributed by atoms with Gasteiger partial charge in [-0.2, -0.15) is 0 Å². The van der Waals surface area contributed by atoms with Crippen LogP contribution in [0.4, 0.5) is 0 Å². The van der Waals surface area contributed by atoms with Gasteiger partial charge in [0, 0.05) is 25.2 Å². The molecule has 0 saturated heterocycles. The van der Waals surface area contributed by atoms with E-state index in [9.17, 15) is 0 Å². The van der Waals surface area contributed by atoms with E-state index in [1.54, 1.807) is 11.8 Å². The Hall–Kier alpha value is -1.58. The summed E-state index contributed by atoms with van der Waals surface area (Å²) in [5.41, 5.74) is 5.69. The van der Waals surface area contributed by atoms with E-state index in [-0.39, 0.29) is 0 Å². The number of benzene rings is 1. The smallest absolute Gasteiger partial charge is 0.0947 e. The normalized spacial score (nSPS) is 14.6. The summed E-state index contributed by atoms with van der Waals surface area (Å²) in [7, 11) is 2.16. The lowest BCUT2D eigenvalue weighted by Gasteiger charge is -2.23. The molecule has 0 bridgehead atoms. The molecular formula is C16H20N2O. The summed E-state index contributed by atoms with van der Waals surface area (Å²) in [6, 6.07) is 8.70. The maximum atomic E-state index is 5.12. The molecular weight excluding hydrogens is 236 g/mol. The lowest BCUT2D eigenvalue weighted by Crippen LogP contribution is -2.26. The SMILES string of the molecule is CN(Cc1ccoc1)Cc1cccc2c1CCNC2. The summed E-state index contributed by atoms with van der Waals surface area (Å²) in [5, 5.41) is 3.43. The Morgan fingerprint density at radius 1 is 1.26 bits per heavy atom. The molecule has 2 aromatic rings. The van der Waals surface area contributed by atoms with E-state index in [1.165, 1.54) is 16.7 Å². The van der Waals surface area contributed by atoms with E-state index in [0.717, 1.165) is 32.6 Å². The number of nitrogens with one attached hydrogen (secondary N) is 1. The Kier molecular flexibility index (Phi) is 3.67. The van der Waals surface area contributed by atoms with Gasteiger partial charge in [0.2, 0.25) is 0 Å². The van der Waals surface area contributed by atoms with Gasteiger partial charge < -0.3 is 9.73 Å². The summed E-state index contributed by atoms with van der Waals surface area (Å²) in [6.45, 7) is 4.02. The molecule has 0 fully saturated rings. The highest BCUT2D eigenvalue weighted by Crippen LogP contribution is 2.20. The Bertz CT molecular complexity index is 534. The first-order valence-corrected chi connectivity index (χ1v) is 6.83. The largest absolute Gasteiger partial charge is 0.472 e. The van der Waals surface area contributed by atoms with Crippen LogP contribution in [0.2, 0.25) is 0 Å². The second kappa shape index (κ2) is 5.59. The minimum absolute atomic E-state index is 0.929. The average Bonchev–Trinajstić information content (AvgIpc) is 2.92. The van der Waals surface area contributed by atoms with Gasteiger partial charge in [-0.05, 0) is 42.8 Å². The summed E-state index contributed by atoms with van der Waals surface area (Å²) >= 11 is 0. The molecule has 0 radical (unpaired) electrons. The van der Waals surface area contributed by atoms with Crippen molar-refractivity contribution >= 4 is 0 Å². The van der Waals surface area contributed by atoms with Crippen LogP contribution in [0.5, 0.6) is 0 Å². The van der Waals surface area contributed by atoms with Crippen molar-refractivity contribution in [1.29, 1.82) is 0 Å². The van der Waals surface area contributed by atoms with E-state index in [1.807, 2.05) is 12.3 Å². The predicted molar refractivity (Wildman–Crippen MR) is 75.7 cm³/mol. The Labute approximate surface area is 114 Å². The van der Waals surface area contributed by atoms with Gasteiger partial charge in [-0.3, -0.25) is 4.90 Å². The second-order valence-electron chi connectivity index (χ2n) is 5.29. The third kappa shape index (κ3) is 2.88. The lowest BCUT2D eigenvalue weighted by molar-refractivity contribution is 0.316. The Morgan fingerprint density at radius 2 is 2.21 bits per heavy atom. The zero-order chi connectivity index (χ0) is 13.1. The first-order chi connectivity index (χ1) is 9.33. The summed E-state index contributed by atoms with van der Waals surface area (Å²) in [4.78, 5) is 2.34. The summed E-state index contributed by atoms with van der Waals surface area (Å²) < 4.78 is 5.12. The van der Waals surface area contributed by atoms with Gasteiger partial charge in [0.05, 0.1) is 12.5 Å². The van der Waals surface area contributed by atoms with Gasteiger partial charge in [0.25, 0.3) is 0 Å². The van der Waals surface area contributed by atoms with Crippen LogP contribution in [-0.2, 0) is 26.1 Å². The predicted octanol–water partition coefficient (Wildman–Crippen LogP) is 2.56. The summed E-state index contributed by atoms with van der Waals surface area (Å²) in [6.07, 6.45) is 4.70. The standard InChI is InChI=1S/C16H20N2O/c1-18(10-13-6-8-19-12-13)11-15-4-2-3-14-9-17-7-5-16(14)15/h2-4,6,8,12,17H,5,7,9-11H2,1H3. The van der Waals surface area contributed by atoms with Crippen molar-refractivity contribution in [2.75, 3.05) is 13.6 Å². The number of fused-ring (bicyclic) bond motifs is 1. The Morgan fingerprint density at radius 3 is 3.05 bits per heavy atom. The molecule has 0 amide bonds. The third-order valence-electron chi connectivity index (χ3n) is 3.71. The van der Waals surface area contributed by atoms with Crippen LogP contribution in [0.15, 0.2) is 41.2 Å². The van der Waals surface area contributed by atoms with Gasteiger partial charge in [0.1, 0.15) is 0 Å². The zero-order valence-corrected chi connectivity index (χ0v) is 11.4. The molecule has 3 heteroatoms. The first kappa shape index (κ1) is 12.5. The number of rotatable bonds is 4. The third-order valence-corrected chi connectivity index (χ3v) is 3.71. The van der Waals surface area contributed by atoms with Crippen LogP contribution in [-0.4, -0.2) is 18.5 Å². The maximum absolute atomic E-state index is 5.12. The molecule has 1 N–H and O–H groups in total. The molecule has 1 aromatic heterocycles. The van der Waals surface area contributed by atoms with Crippen LogP contribution < -0.4 is 5.32 Å². The first-order valence-electron chi connectivity index (χ1n) is 6.83. The van der Waals surface area contributed by atoms with E-state index < -0.39 is 0 Å². The fraction of sp³-hybridized carbons (Fsp3) is 0.375. The van der Waals surface area contributed by atoms with Gasteiger partial charge in [0.15, 0.2) is 0 Å². The molecule has 0 aliphatic carbocycles. The monoisotopic (exact) mass is 256 g/mol. The van der Waals surface area contributed by atoms with Crippen LogP contribution in [0.3, 0.4) is 0 Å². The van der Waals surface area contributed by atoms with Gasteiger partial charge in [-0.25, -0.2) is 0 Å². The molecule has 1 aliphatic rings.